The van der Waals surface area contributed by atoms with Gasteiger partial charge in [0.15, 0.2) is 24.8 Å². The molecule has 0 atom stereocenters. The Balaban J connectivity index is 0.000000108. The summed E-state index contributed by atoms with van der Waals surface area (Å²) in [5.41, 5.74) is 41.6. The van der Waals surface area contributed by atoms with Crippen LogP contribution in [-0.4, -0.2) is 0 Å². The maximum atomic E-state index is 2.49. The Morgan fingerprint density at radius 2 is 0.441 bits per heavy atom. The quantitative estimate of drug-likeness (QED) is 0.135. The van der Waals surface area contributed by atoms with E-state index in [1.807, 2.05) is 0 Å². The highest BCUT2D eigenvalue weighted by molar-refractivity contribution is 5.75. The van der Waals surface area contributed by atoms with Crippen molar-refractivity contribution in [2.45, 2.75) is 201 Å². The molecule has 0 radical (unpaired) electrons. The van der Waals surface area contributed by atoms with Crippen molar-refractivity contribution in [3.05, 3.63) is 310 Å². The van der Waals surface area contributed by atoms with Gasteiger partial charge >= 0.3 is 0 Å². The van der Waals surface area contributed by atoms with Crippen molar-refractivity contribution >= 4 is 0 Å². The van der Waals surface area contributed by atoms with Crippen molar-refractivity contribution in [3.8, 4) is 89.5 Å². The highest BCUT2D eigenvalue weighted by Gasteiger charge is 2.42. The Hall–Kier alpha value is -9.64. The molecule has 4 fully saturated rings. The zero-order chi connectivity index (χ0) is 75.9. The van der Waals surface area contributed by atoms with Crippen LogP contribution in [0.15, 0.2) is 243 Å². The van der Waals surface area contributed by atoms with Gasteiger partial charge < -0.3 is 0 Å². The highest BCUT2D eigenvalue weighted by Crippen LogP contribution is 2.53. The van der Waals surface area contributed by atoms with Crippen molar-refractivity contribution in [2.24, 2.45) is 49.9 Å². The van der Waals surface area contributed by atoms with E-state index < -0.39 is 0 Å². The van der Waals surface area contributed by atoms with Crippen LogP contribution in [0.4, 0.5) is 0 Å². The molecule has 4 heterocycles. The Bertz CT molecular complexity index is 5430. The monoisotopic (exact) mass is 1460 g/mol. The summed E-state index contributed by atoms with van der Waals surface area (Å²) in [5, 5.41) is 0. The van der Waals surface area contributed by atoms with E-state index in [-0.39, 0.29) is 0 Å². The van der Waals surface area contributed by atoms with Crippen LogP contribution in [0.5, 0.6) is 0 Å². The summed E-state index contributed by atoms with van der Waals surface area (Å²) in [7, 11) is 8.56. The van der Waals surface area contributed by atoms with Crippen LogP contribution < -0.4 is 18.3 Å². The largest absolute Gasteiger partial charge is 0.213 e. The van der Waals surface area contributed by atoms with Crippen molar-refractivity contribution in [2.75, 3.05) is 0 Å². The molecule has 4 nitrogen and oxygen atoms in total. The van der Waals surface area contributed by atoms with Crippen molar-refractivity contribution < 1.29 is 18.3 Å². The van der Waals surface area contributed by atoms with Gasteiger partial charge in [-0.3, -0.25) is 0 Å². The number of hydrogen-bond donors (Lipinski definition) is 0. The predicted octanol–water partition coefficient (Wildman–Crippen LogP) is 24.4. The third kappa shape index (κ3) is 15.6. The molecule has 8 aliphatic carbocycles. The smallest absolute Gasteiger partial charge is 0.201 e. The molecule has 0 saturated heterocycles. The van der Waals surface area contributed by atoms with Crippen LogP contribution in [0, 0.1) is 49.4 Å². The standard InChI is InChI=1S/3C27H30N.C26H28N/c1-20-8-4-5-9-25(20)26-17-22(12-15-28(26)2)21-10-11-23-18-27(19-24(23)16-21)13-6-3-7-14-27;1-20-7-3-4-8-25(20)26-18-23(12-16-28(26)2)21-9-10-24-19-27(13-5-6-14-27)15-11-22(24)17-21;1-20-7-3-4-8-25(20)26-18-23(12-16-28(26)2)22-10-9-21-11-15-27(13-5-6-14-27)19-24(21)17-22;1-19-7-3-4-8-24(19)25-16-21(11-14-27(25)2)20-9-10-22-17-26(12-5-6-13-26)18-23(22)15-20/h4-5,8-12,15-17H,3,6-7,13-14,18-19H2,1-2H3;2*3-4,7-10,12,16-18H,5-6,11,13-15,19H2,1-2H3;3-4,7-11,14-16H,5-6,12-13,17-18H2,1-2H3/q4*+1. The van der Waals surface area contributed by atoms with Crippen molar-refractivity contribution in [1.82, 2.24) is 0 Å². The van der Waals surface area contributed by atoms with Gasteiger partial charge in [0.25, 0.3) is 0 Å². The SMILES string of the molecule is Cc1ccccc1-c1cc(-c2ccc3c(c2)CC2(CCCC2)C3)cc[n+]1C.Cc1ccccc1-c1cc(-c2ccc3c(c2)CC2(CCCC2)CC3)cc[n+]1C.Cc1ccccc1-c1cc(-c2ccc3c(c2)CC2(CCCCC2)C3)cc[n+]1C.Cc1ccccc1-c1cc(-c2ccc3c(c2)CCC2(CCCC2)C3)cc[n+]1C. The second kappa shape index (κ2) is 31.5. The number of pyridine rings is 4. The topological polar surface area (TPSA) is 15.5 Å². The van der Waals surface area contributed by atoms with Gasteiger partial charge in [0.1, 0.15) is 28.2 Å². The van der Waals surface area contributed by atoms with Crippen LogP contribution in [-0.2, 0) is 79.6 Å². The van der Waals surface area contributed by atoms with E-state index in [1.165, 1.54) is 285 Å². The van der Waals surface area contributed by atoms with E-state index in [0.29, 0.717) is 21.7 Å². The Morgan fingerprint density at radius 1 is 0.207 bits per heavy atom. The van der Waals surface area contributed by atoms with E-state index in [4.69, 9.17) is 0 Å². The maximum Gasteiger partial charge on any atom is 0.213 e. The summed E-state index contributed by atoms with van der Waals surface area (Å²) in [5.74, 6) is 0. The van der Waals surface area contributed by atoms with Gasteiger partial charge in [-0.1, -0.05) is 203 Å². The molecule has 0 amide bonds. The first-order valence-electron chi connectivity index (χ1n) is 42.8. The van der Waals surface area contributed by atoms with Crippen LogP contribution >= 0.6 is 0 Å². The molecule has 12 aromatic rings. The van der Waals surface area contributed by atoms with E-state index >= 15 is 0 Å². The predicted molar refractivity (Wildman–Crippen MR) is 460 cm³/mol. The van der Waals surface area contributed by atoms with Gasteiger partial charge in [0, 0.05) is 70.8 Å². The fraction of sp³-hybridized carbons (Fsp3) is 0.364. The van der Waals surface area contributed by atoms with E-state index in [9.17, 15) is 0 Å². The number of aryl methyl sites for hydroxylation is 10. The number of fused-ring (bicyclic) bond motifs is 4. The van der Waals surface area contributed by atoms with E-state index in [1.54, 1.807) is 44.5 Å². The zero-order valence-electron chi connectivity index (χ0n) is 68.0. The van der Waals surface area contributed by atoms with Gasteiger partial charge in [-0.15, -0.1) is 0 Å². The number of hydrogen-bond acceptors (Lipinski definition) is 0. The molecule has 4 spiro atoms. The van der Waals surface area contributed by atoms with E-state index in [2.05, 4.69) is 317 Å². The number of benzene rings is 8. The lowest BCUT2D eigenvalue weighted by molar-refractivity contribution is -0.660. The minimum Gasteiger partial charge on any atom is -0.201 e. The molecular formula is C107H118N4+4. The number of aromatic nitrogens is 4. The maximum absolute atomic E-state index is 2.49. The molecule has 4 aromatic heterocycles. The van der Waals surface area contributed by atoms with Crippen molar-refractivity contribution in [1.29, 1.82) is 0 Å². The summed E-state index contributed by atoms with van der Waals surface area (Å²) in [6.07, 6.45) is 46.3. The molecule has 8 aliphatic rings. The average molecular weight is 1460 g/mol. The summed E-state index contributed by atoms with van der Waals surface area (Å²) in [6.45, 7) is 8.78. The van der Waals surface area contributed by atoms with Gasteiger partial charge in [0.2, 0.25) is 22.8 Å². The van der Waals surface area contributed by atoms with E-state index in [0.717, 1.165) is 0 Å². The highest BCUT2D eigenvalue weighted by atomic mass is 14.9. The van der Waals surface area contributed by atoms with Crippen LogP contribution in [0.1, 0.15) is 189 Å². The second-order valence-corrected chi connectivity index (χ2v) is 36.1. The van der Waals surface area contributed by atoms with Gasteiger partial charge in [-0.2, -0.15) is 0 Å². The van der Waals surface area contributed by atoms with Crippen LogP contribution in [0.25, 0.3) is 89.5 Å². The summed E-state index contributed by atoms with van der Waals surface area (Å²) >= 11 is 0. The van der Waals surface area contributed by atoms with Crippen molar-refractivity contribution in [3.63, 3.8) is 0 Å². The molecule has 0 N–H and O–H groups in total. The van der Waals surface area contributed by atoms with Crippen LogP contribution in [0.3, 0.4) is 0 Å². The molecule has 111 heavy (non-hydrogen) atoms. The molecule has 4 saturated carbocycles. The second-order valence-electron chi connectivity index (χ2n) is 36.1. The summed E-state index contributed by atoms with van der Waals surface area (Å²) in [6, 6.07) is 82.0. The molecule has 0 unspecified atom stereocenters. The first-order chi connectivity index (χ1) is 54.0. The minimum atomic E-state index is 0.578. The molecular weight excluding hydrogens is 1340 g/mol. The third-order valence-electron chi connectivity index (χ3n) is 28.6. The fourth-order valence-corrected chi connectivity index (χ4v) is 22.0. The van der Waals surface area contributed by atoms with Gasteiger partial charge in [-0.05, 0) is 300 Å². The molecule has 8 aromatic carbocycles. The molecule has 4 heteroatoms. The Labute approximate surface area is 664 Å². The first-order valence-corrected chi connectivity index (χ1v) is 42.8. The molecule has 20 rings (SSSR count). The molecule has 562 valence electrons. The zero-order valence-corrected chi connectivity index (χ0v) is 68.0. The van der Waals surface area contributed by atoms with Crippen LogP contribution in [0.2, 0.25) is 0 Å². The lowest BCUT2D eigenvalue weighted by Gasteiger charge is -2.35. The summed E-state index contributed by atoms with van der Waals surface area (Å²) < 4.78 is 8.93. The minimum absolute atomic E-state index is 0.578. The fourth-order valence-electron chi connectivity index (χ4n) is 22.0. The van der Waals surface area contributed by atoms with Gasteiger partial charge in [0.05, 0.1) is 0 Å². The first kappa shape index (κ1) is 74.1. The lowest BCUT2D eigenvalue weighted by Crippen LogP contribution is -2.30. The normalized spacial score (nSPS) is 17.6. The average Bonchev–Trinajstić information content (AvgIpc) is 1.35. The Kier molecular flexibility index (Phi) is 21.0. The summed E-state index contributed by atoms with van der Waals surface area (Å²) in [4.78, 5) is 0. The van der Waals surface area contributed by atoms with Gasteiger partial charge in [-0.25, -0.2) is 18.3 Å². The number of nitrogens with zero attached hydrogens (tertiary/aromatic N) is 4. The lowest BCUT2D eigenvalue weighted by atomic mass is 9.70. The third-order valence-corrected chi connectivity index (χ3v) is 28.6. The molecule has 0 aliphatic heterocycles. The number of rotatable bonds is 8. The Morgan fingerprint density at radius 3 is 0.775 bits per heavy atom. The molecule has 0 bridgehead atoms.